The summed E-state index contributed by atoms with van der Waals surface area (Å²) in [5, 5.41) is 2.37. The number of carbonyl (C=O) groups excluding carboxylic acids is 1. The van der Waals surface area contributed by atoms with Crippen LogP contribution in [0.5, 0.6) is 5.75 Å². The largest absolute Gasteiger partial charge is 0.484 e. The van der Waals surface area contributed by atoms with Gasteiger partial charge in [-0.15, -0.1) is 0 Å². The highest BCUT2D eigenvalue weighted by Crippen LogP contribution is 2.24. The van der Waals surface area contributed by atoms with Crippen LogP contribution >= 0.6 is 0 Å². The van der Waals surface area contributed by atoms with Gasteiger partial charge in [-0.2, -0.15) is 0 Å². The molecule has 2 rings (SSSR count). The lowest BCUT2D eigenvalue weighted by Crippen LogP contribution is -2.28. The van der Waals surface area contributed by atoms with Crippen LogP contribution in [0, 0.1) is 0 Å². The predicted octanol–water partition coefficient (Wildman–Crippen LogP) is 1.38. The second-order valence-electron chi connectivity index (χ2n) is 6.10. The Morgan fingerprint density at radius 3 is 2.39 bits per heavy atom. The van der Waals surface area contributed by atoms with Crippen molar-refractivity contribution in [3.63, 3.8) is 0 Å². The second kappa shape index (κ2) is 6.51. The van der Waals surface area contributed by atoms with Gasteiger partial charge in [0, 0.05) is 6.20 Å². The van der Waals surface area contributed by atoms with Gasteiger partial charge in [-0.25, -0.2) is 4.79 Å². The van der Waals surface area contributed by atoms with Crippen LogP contribution in [0.1, 0.15) is 26.3 Å². The summed E-state index contributed by atoms with van der Waals surface area (Å²) >= 11 is 0. The zero-order valence-corrected chi connectivity index (χ0v) is 13.2. The van der Waals surface area contributed by atoms with E-state index in [1.165, 1.54) is 0 Å². The number of amides is 1. The molecule has 3 N–H and O–H groups in total. The van der Waals surface area contributed by atoms with E-state index in [0.29, 0.717) is 5.75 Å². The smallest absolute Gasteiger partial charge is 0.325 e. The molecule has 0 fully saturated rings. The summed E-state index contributed by atoms with van der Waals surface area (Å²) in [6.45, 7) is 6.08. The molecular formula is C16H19N3O4. The Bertz CT molecular complexity index is 798. The molecule has 0 spiro atoms. The summed E-state index contributed by atoms with van der Waals surface area (Å²) in [6, 6.07) is 7.47. The number of anilines is 1. The lowest BCUT2D eigenvalue weighted by molar-refractivity contribution is -0.118. The summed E-state index contributed by atoms with van der Waals surface area (Å²) in [4.78, 5) is 38.4. The number of aromatic nitrogens is 2. The highest BCUT2D eigenvalue weighted by atomic mass is 16.5. The van der Waals surface area contributed by atoms with Gasteiger partial charge in [0.1, 0.15) is 11.4 Å². The van der Waals surface area contributed by atoms with Crippen molar-refractivity contribution < 1.29 is 9.53 Å². The van der Waals surface area contributed by atoms with E-state index in [-0.39, 0.29) is 17.7 Å². The van der Waals surface area contributed by atoms with Crippen LogP contribution in [-0.4, -0.2) is 22.5 Å². The number of nitrogens with one attached hydrogen (secondary N) is 3. The van der Waals surface area contributed by atoms with Gasteiger partial charge in [0.05, 0.1) is 0 Å². The number of hydrogen-bond donors (Lipinski definition) is 3. The molecule has 0 atom stereocenters. The summed E-state index contributed by atoms with van der Waals surface area (Å²) in [5.41, 5.74) is -0.142. The normalized spacial score (nSPS) is 11.1. The summed E-state index contributed by atoms with van der Waals surface area (Å²) in [5.74, 6) is 0.0611. The van der Waals surface area contributed by atoms with Crippen LogP contribution in [0.2, 0.25) is 0 Å². The molecule has 0 unspecified atom stereocenters. The van der Waals surface area contributed by atoms with Crippen molar-refractivity contribution in [1.82, 2.24) is 9.97 Å². The van der Waals surface area contributed by atoms with Crippen molar-refractivity contribution in [3.05, 3.63) is 56.9 Å². The minimum absolute atomic E-state index is 0.0405. The number of aromatic amines is 2. The molecule has 23 heavy (non-hydrogen) atoms. The molecule has 7 nitrogen and oxygen atoms in total. The second-order valence-corrected chi connectivity index (χ2v) is 6.10. The molecule has 0 aliphatic rings. The van der Waals surface area contributed by atoms with E-state index < -0.39 is 17.2 Å². The Hall–Kier alpha value is -2.83. The first-order chi connectivity index (χ1) is 10.8. The number of rotatable bonds is 4. The first-order valence-corrected chi connectivity index (χ1v) is 7.11. The average molecular weight is 317 g/mol. The third kappa shape index (κ3) is 4.57. The average Bonchev–Trinajstić information content (AvgIpc) is 2.47. The predicted molar refractivity (Wildman–Crippen MR) is 87.0 cm³/mol. The van der Waals surface area contributed by atoms with Gasteiger partial charge < -0.3 is 15.0 Å². The van der Waals surface area contributed by atoms with E-state index in [2.05, 4.69) is 31.1 Å². The summed E-state index contributed by atoms with van der Waals surface area (Å²) < 4.78 is 5.38. The Labute approximate surface area is 132 Å². The Kier molecular flexibility index (Phi) is 4.68. The van der Waals surface area contributed by atoms with Crippen molar-refractivity contribution in [2.75, 3.05) is 11.9 Å². The minimum atomic E-state index is -0.670. The number of ether oxygens (including phenoxy) is 1. The van der Waals surface area contributed by atoms with Crippen molar-refractivity contribution in [1.29, 1.82) is 0 Å². The van der Waals surface area contributed by atoms with Crippen LogP contribution in [0.25, 0.3) is 0 Å². The fourth-order valence-corrected chi connectivity index (χ4v) is 1.89. The van der Waals surface area contributed by atoms with Crippen molar-refractivity contribution in [2.45, 2.75) is 26.2 Å². The van der Waals surface area contributed by atoms with Crippen LogP contribution in [-0.2, 0) is 10.2 Å². The topological polar surface area (TPSA) is 104 Å². The Balaban J connectivity index is 1.94. The molecular weight excluding hydrogens is 298 g/mol. The number of H-pyrrole nitrogens is 2. The first kappa shape index (κ1) is 16.5. The molecule has 122 valence electrons. The number of carbonyl (C=O) groups is 1. The zero-order chi connectivity index (χ0) is 17.0. The lowest BCUT2D eigenvalue weighted by Gasteiger charge is -2.19. The van der Waals surface area contributed by atoms with E-state index in [4.69, 9.17) is 4.74 Å². The van der Waals surface area contributed by atoms with Crippen molar-refractivity contribution in [3.8, 4) is 5.75 Å². The fraction of sp³-hybridized carbons (Fsp3) is 0.312. The fourth-order valence-electron chi connectivity index (χ4n) is 1.89. The SMILES string of the molecule is CC(C)(C)c1ccc(OCC(=O)Nc2c[nH]c(=O)[nH]c2=O)cc1. The third-order valence-electron chi connectivity index (χ3n) is 3.18. The minimum Gasteiger partial charge on any atom is -0.484 e. The molecule has 0 bridgehead atoms. The van der Waals surface area contributed by atoms with Gasteiger partial charge in [-0.05, 0) is 23.1 Å². The maximum Gasteiger partial charge on any atom is 0.325 e. The van der Waals surface area contributed by atoms with E-state index >= 15 is 0 Å². The molecule has 0 saturated carbocycles. The van der Waals surface area contributed by atoms with E-state index in [0.717, 1.165) is 11.8 Å². The standard InChI is InChI=1S/C16H19N3O4/c1-16(2,3)10-4-6-11(7-5-10)23-9-13(20)18-12-8-17-15(22)19-14(12)21/h4-8H,9H2,1-3H3,(H,18,20)(H2,17,19,21,22). The van der Waals surface area contributed by atoms with E-state index in [9.17, 15) is 14.4 Å². The molecule has 1 amide bonds. The van der Waals surface area contributed by atoms with Crippen molar-refractivity contribution >= 4 is 11.6 Å². The molecule has 0 radical (unpaired) electrons. The van der Waals surface area contributed by atoms with Gasteiger partial charge in [0.2, 0.25) is 0 Å². The molecule has 1 aromatic heterocycles. The Morgan fingerprint density at radius 1 is 1.17 bits per heavy atom. The summed E-state index contributed by atoms with van der Waals surface area (Å²) in [7, 11) is 0. The monoisotopic (exact) mass is 317 g/mol. The lowest BCUT2D eigenvalue weighted by atomic mass is 9.87. The van der Waals surface area contributed by atoms with Gasteiger partial charge in [0.25, 0.3) is 11.5 Å². The van der Waals surface area contributed by atoms with Crippen LogP contribution < -0.4 is 21.3 Å². The Morgan fingerprint density at radius 2 is 1.83 bits per heavy atom. The van der Waals surface area contributed by atoms with Crippen LogP contribution in [0.4, 0.5) is 5.69 Å². The molecule has 7 heteroatoms. The van der Waals surface area contributed by atoms with Gasteiger partial charge in [-0.1, -0.05) is 32.9 Å². The van der Waals surface area contributed by atoms with Gasteiger partial charge in [-0.3, -0.25) is 14.6 Å². The number of hydrogen-bond acceptors (Lipinski definition) is 4. The maximum absolute atomic E-state index is 11.8. The third-order valence-corrected chi connectivity index (χ3v) is 3.18. The quantitative estimate of drug-likeness (QED) is 0.792. The van der Waals surface area contributed by atoms with E-state index in [1.807, 2.05) is 17.1 Å². The number of benzene rings is 1. The summed E-state index contributed by atoms with van der Waals surface area (Å²) in [6.07, 6.45) is 1.14. The molecule has 1 heterocycles. The van der Waals surface area contributed by atoms with Gasteiger partial charge >= 0.3 is 5.69 Å². The highest BCUT2D eigenvalue weighted by molar-refractivity contribution is 5.91. The first-order valence-electron chi connectivity index (χ1n) is 7.11. The maximum atomic E-state index is 11.8. The van der Waals surface area contributed by atoms with Gasteiger partial charge in [0.15, 0.2) is 6.61 Å². The molecule has 0 saturated heterocycles. The molecule has 2 aromatic rings. The molecule has 1 aromatic carbocycles. The molecule has 0 aliphatic heterocycles. The van der Waals surface area contributed by atoms with Crippen LogP contribution in [0.15, 0.2) is 40.1 Å². The zero-order valence-electron chi connectivity index (χ0n) is 13.2. The van der Waals surface area contributed by atoms with Crippen molar-refractivity contribution in [2.24, 2.45) is 0 Å². The molecule has 0 aliphatic carbocycles. The van der Waals surface area contributed by atoms with E-state index in [1.54, 1.807) is 12.1 Å². The highest BCUT2D eigenvalue weighted by Gasteiger charge is 2.13. The van der Waals surface area contributed by atoms with Crippen LogP contribution in [0.3, 0.4) is 0 Å².